The molecule has 0 spiro atoms. The van der Waals surface area contributed by atoms with Gasteiger partial charge in [-0.15, -0.1) is 0 Å². The third-order valence-corrected chi connectivity index (χ3v) is 4.71. The minimum Gasteiger partial charge on any atom is -0.399 e. The first-order valence-corrected chi connectivity index (χ1v) is 7.35. The van der Waals surface area contributed by atoms with Crippen molar-refractivity contribution in [1.82, 2.24) is 4.31 Å². The molecule has 0 saturated carbocycles. The summed E-state index contributed by atoms with van der Waals surface area (Å²) in [5.41, 5.74) is 6.08. The maximum absolute atomic E-state index is 12.4. The molecule has 0 amide bonds. The Bertz CT molecular complexity index is 520. The van der Waals surface area contributed by atoms with Crippen LogP contribution >= 0.6 is 0 Å². The predicted octanol–water partition coefficient (Wildman–Crippen LogP) is 1.07. The number of nitrogen functional groups attached to an aromatic ring is 1. The van der Waals surface area contributed by atoms with Gasteiger partial charge in [0.05, 0.1) is 17.1 Å². The fourth-order valence-electron chi connectivity index (χ4n) is 2.15. The van der Waals surface area contributed by atoms with Crippen LogP contribution < -0.4 is 5.73 Å². The number of anilines is 1. The SMILES string of the molecule is C[C@@H]1CN(S(=O)(=O)c2cccc(N)c2)C[C@@H](C)O1. The van der Waals surface area contributed by atoms with Gasteiger partial charge in [0, 0.05) is 18.8 Å². The molecule has 0 radical (unpaired) electrons. The van der Waals surface area contributed by atoms with E-state index in [1.807, 2.05) is 13.8 Å². The Balaban J connectivity index is 2.31. The molecule has 5 nitrogen and oxygen atoms in total. The van der Waals surface area contributed by atoms with Crippen molar-refractivity contribution in [2.24, 2.45) is 0 Å². The zero-order valence-electron chi connectivity index (χ0n) is 10.5. The number of hydrogen-bond donors (Lipinski definition) is 1. The standard InChI is InChI=1S/C12H18N2O3S/c1-9-7-14(8-10(2)17-9)18(15,16)12-5-3-4-11(13)6-12/h3-6,9-10H,7-8,13H2,1-2H3/t9-,10-/m1/s1. The summed E-state index contributed by atoms with van der Waals surface area (Å²) >= 11 is 0. The highest BCUT2D eigenvalue weighted by atomic mass is 32.2. The highest BCUT2D eigenvalue weighted by molar-refractivity contribution is 7.89. The van der Waals surface area contributed by atoms with Crippen molar-refractivity contribution in [3.8, 4) is 0 Å². The Hall–Kier alpha value is -1.11. The highest BCUT2D eigenvalue weighted by Crippen LogP contribution is 2.22. The van der Waals surface area contributed by atoms with Gasteiger partial charge in [0.2, 0.25) is 10.0 Å². The second-order valence-corrected chi connectivity index (χ2v) is 6.59. The van der Waals surface area contributed by atoms with Crippen molar-refractivity contribution in [1.29, 1.82) is 0 Å². The molecule has 1 heterocycles. The van der Waals surface area contributed by atoms with E-state index in [-0.39, 0.29) is 17.1 Å². The van der Waals surface area contributed by atoms with Crippen molar-refractivity contribution >= 4 is 15.7 Å². The molecule has 2 rings (SSSR count). The molecule has 6 heteroatoms. The van der Waals surface area contributed by atoms with Gasteiger partial charge in [-0.3, -0.25) is 0 Å². The van der Waals surface area contributed by atoms with Crippen molar-refractivity contribution in [3.63, 3.8) is 0 Å². The normalized spacial score (nSPS) is 26.1. The van der Waals surface area contributed by atoms with Crippen LogP contribution in [-0.2, 0) is 14.8 Å². The molecule has 1 saturated heterocycles. The number of sulfonamides is 1. The van der Waals surface area contributed by atoms with Crippen molar-refractivity contribution in [2.45, 2.75) is 31.0 Å². The summed E-state index contributed by atoms with van der Waals surface area (Å²) in [7, 11) is -3.48. The lowest BCUT2D eigenvalue weighted by Crippen LogP contribution is -2.48. The average Bonchev–Trinajstić information content (AvgIpc) is 2.27. The maximum atomic E-state index is 12.4. The van der Waals surface area contributed by atoms with E-state index in [1.165, 1.54) is 10.4 Å². The zero-order chi connectivity index (χ0) is 13.3. The lowest BCUT2D eigenvalue weighted by molar-refractivity contribution is -0.0440. The van der Waals surface area contributed by atoms with E-state index < -0.39 is 10.0 Å². The number of rotatable bonds is 2. The molecule has 2 atom stereocenters. The molecule has 1 aliphatic heterocycles. The third kappa shape index (κ3) is 2.66. The number of ether oxygens (including phenoxy) is 1. The monoisotopic (exact) mass is 270 g/mol. The van der Waals surface area contributed by atoms with Crippen LogP contribution in [0.1, 0.15) is 13.8 Å². The second kappa shape index (κ2) is 4.87. The van der Waals surface area contributed by atoms with Gasteiger partial charge in [-0.05, 0) is 32.0 Å². The van der Waals surface area contributed by atoms with E-state index >= 15 is 0 Å². The molecule has 1 aromatic rings. The molecular formula is C12H18N2O3S. The van der Waals surface area contributed by atoms with E-state index in [0.717, 1.165) is 0 Å². The quantitative estimate of drug-likeness (QED) is 0.816. The van der Waals surface area contributed by atoms with Crippen LogP contribution in [0.3, 0.4) is 0 Å². The molecule has 1 aliphatic rings. The number of benzene rings is 1. The summed E-state index contributed by atoms with van der Waals surface area (Å²) in [6.45, 7) is 4.50. The van der Waals surface area contributed by atoms with Crippen LogP contribution in [0, 0.1) is 0 Å². The van der Waals surface area contributed by atoms with E-state index in [2.05, 4.69) is 0 Å². The number of hydrogen-bond acceptors (Lipinski definition) is 4. The predicted molar refractivity (Wildman–Crippen MR) is 69.6 cm³/mol. The molecule has 1 fully saturated rings. The lowest BCUT2D eigenvalue weighted by atomic mass is 10.3. The molecule has 18 heavy (non-hydrogen) atoms. The van der Waals surface area contributed by atoms with Gasteiger partial charge in [-0.2, -0.15) is 4.31 Å². The number of nitrogens with two attached hydrogens (primary N) is 1. The molecule has 0 bridgehead atoms. The van der Waals surface area contributed by atoms with Gasteiger partial charge in [-0.25, -0.2) is 8.42 Å². The van der Waals surface area contributed by atoms with Crippen molar-refractivity contribution < 1.29 is 13.2 Å². The summed E-state index contributed by atoms with van der Waals surface area (Å²) in [5.74, 6) is 0. The first-order valence-electron chi connectivity index (χ1n) is 5.91. The van der Waals surface area contributed by atoms with E-state index in [4.69, 9.17) is 10.5 Å². The fraction of sp³-hybridized carbons (Fsp3) is 0.500. The topological polar surface area (TPSA) is 72.6 Å². The minimum absolute atomic E-state index is 0.0930. The molecule has 0 unspecified atom stereocenters. The molecule has 100 valence electrons. The Morgan fingerprint density at radius 1 is 1.28 bits per heavy atom. The van der Waals surface area contributed by atoms with Gasteiger partial charge >= 0.3 is 0 Å². The first-order chi connectivity index (χ1) is 8.39. The summed E-state index contributed by atoms with van der Waals surface area (Å²) < 4.78 is 31.9. The smallest absolute Gasteiger partial charge is 0.243 e. The van der Waals surface area contributed by atoms with Crippen LogP contribution in [0.2, 0.25) is 0 Å². The van der Waals surface area contributed by atoms with Gasteiger partial charge in [-0.1, -0.05) is 6.07 Å². The van der Waals surface area contributed by atoms with Gasteiger partial charge in [0.1, 0.15) is 0 Å². The van der Waals surface area contributed by atoms with Crippen molar-refractivity contribution in [2.75, 3.05) is 18.8 Å². The van der Waals surface area contributed by atoms with Gasteiger partial charge in [0.15, 0.2) is 0 Å². The summed E-state index contributed by atoms with van der Waals surface area (Å²) in [6.07, 6.45) is -0.186. The Labute approximate surface area is 108 Å². The molecule has 0 aliphatic carbocycles. The zero-order valence-corrected chi connectivity index (χ0v) is 11.4. The summed E-state index contributed by atoms with van der Waals surface area (Å²) in [5, 5.41) is 0. The van der Waals surface area contributed by atoms with Crippen LogP contribution in [0.4, 0.5) is 5.69 Å². The van der Waals surface area contributed by atoms with Crippen LogP contribution in [0.5, 0.6) is 0 Å². The number of morpholine rings is 1. The van der Waals surface area contributed by atoms with E-state index in [1.54, 1.807) is 18.2 Å². The molecular weight excluding hydrogens is 252 g/mol. The summed E-state index contributed by atoms with van der Waals surface area (Å²) in [4.78, 5) is 0.240. The third-order valence-electron chi connectivity index (χ3n) is 2.88. The minimum atomic E-state index is -3.48. The van der Waals surface area contributed by atoms with Crippen LogP contribution in [0.15, 0.2) is 29.2 Å². The van der Waals surface area contributed by atoms with Crippen LogP contribution in [0.25, 0.3) is 0 Å². The van der Waals surface area contributed by atoms with E-state index in [0.29, 0.717) is 18.8 Å². The van der Waals surface area contributed by atoms with Gasteiger partial charge < -0.3 is 10.5 Å². The van der Waals surface area contributed by atoms with Gasteiger partial charge in [0.25, 0.3) is 0 Å². The fourth-order valence-corrected chi connectivity index (χ4v) is 3.80. The number of nitrogens with zero attached hydrogens (tertiary/aromatic N) is 1. The maximum Gasteiger partial charge on any atom is 0.243 e. The second-order valence-electron chi connectivity index (χ2n) is 4.65. The first kappa shape index (κ1) is 13.3. The van der Waals surface area contributed by atoms with Crippen LogP contribution in [-0.4, -0.2) is 38.0 Å². The highest BCUT2D eigenvalue weighted by Gasteiger charge is 2.32. The molecule has 0 aromatic heterocycles. The molecule has 2 N–H and O–H groups in total. The lowest BCUT2D eigenvalue weighted by Gasteiger charge is -2.34. The Morgan fingerprint density at radius 2 is 1.89 bits per heavy atom. The largest absolute Gasteiger partial charge is 0.399 e. The molecule has 1 aromatic carbocycles. The Morgan fingerprint density at radius 3 is 2.44 bits per heavy atom. The van der Waals surface area contributed by atoms with Crippen molar-refractivity contribution in [3.05, 3.63) is 24.3 Å². The average molecular weight is 270 g/mol. The summed E-state index contributed by atoms with van der Waals surface area (Å²) in [6, 6.07) is 6.37. The Kier molecular flexibility index (Phi) is 3.61. The van der Waals surface area contributed by atoms with E-state index in [9.17, 15) is 8.42 Å².